The molecular weight excluding hydrogens is 302 g/mol. The van der Waals surface area contributed by atoms with Crippen LogP contribution in [0.15, 0.2) is 60.0 Å². The minimum Gasteiger partial charge on any atom is -0.484 e. The Hall–Kier alpha value is -1.84. The van der Waals surface area contributed by atoms with Gasteiger partial charge in [-0.25, -0.2) is 0 Å². The van der Waals surface area contributed by atoms with Crippen LogP contribution in [0.1, 0.15) is 17.9 Å². The van der Waals surface area contributed by atoms with Gasteiger partial charge in [-0.3, -0.25) is 0 Å². The van der Waals surface area contributed by atoms with Gasteiger partial charge in [0.2, 0.25) is 0 Å². The molecule has 1 aromatic heterocycles. The van der Waals surface area contributed by atoms with Crippen molar-refractivity contribution >= 4 is 22.1 Å². The molecule has 0 spiro atoms. The Morgan fingerprint density at radius 3 is 2.52 bits per heavy atom. The van der Waals surface area contributed by atoms with Crippen molar-refractivity contribution in [3.63, 3.8) is 0 Å². The molecule has 23 heavy (non-hydrogen) atoms. The summed E-state index contributed by atoms with van der Waals surface area (Å²) in [6, 6.07) is 18.9. The first-order valence-electron chi connectivity index (χ1n) is 7.97. The average molecular weight is 325 g/mol. The van der Waals surface area contributed by atoms with Gasteiger partial charge in [0.1, 0.15) is 11.9 Å². The van der Waals surface area contributed by atoms with Crippen molar-refractivity contribution in [1.29, 1.82) is 0 Å². The molecule has 2 nitrogen and oxygen atoms in total. The Kier molecular flexibility index (Phi) is 4.99. The van der Waals surface area contributed by atoms with Gasteiger partial charge in [-0.15, -0.1) is 11.3 Å². The molecule has 0 amide bonds. The number of thiophene rings is 1. The summed E-state index contributed by atoms with van der Waals surface area (Å²) in [4.78, 5) is 3.50. The number of benzene rings is 2. The van der Waals surface area contributed by atoms with Crippen molar-refractivity contribution in [3.8, 4) is 5.75 Å². The molecular formula is C20H23NOS. The Bertz CT molecular complexity index is 746. The van der Waals surface area contributed by atoms with Crippen molar-refractivity contribution in [2.24, 2.45) is 5.92 Å². The van der Waals surface area contributed by atoms with E-state index in [0.717, 1.165) is 12.3 Å². The van der Waals surface area contributed by atoms with Crippen LogP contribution < -0.4 is 4.74 Å². The van der Waals surface area contributed by atoms with E-state index in [1.807, 2.05) is 0 Å². The summed E-state index contributed by atoms with van der Waals surface area (Å²) in [5.74, 6) is 1.37. The van der Waals surface area contributed by atoms with Gasteiger partial charge in [-0.1, -0.05) is 49.4 Å². The van der Waals surface area contributed by atoms with E-state index >= 15 is 0 Å². The lowest BCUT2D eigenvalue weighted by Crippen LogP contribution is -2.27. The molecule has 0 saturated carbocycles. The third-order valence-electron chi connectivity index (χ3n) is 4.00. The van der Waals surface area contributed by atoms with Crippen LogP contribution in [0.3, 0.4) is 0 Å². The molecule has 0 fully saturated rings. The van der Waals surface area contributed by atoms with E-state index in [2.05, 4.69) is 85.9 Å². The number of fused-ring (bicyclic) bond motifs is 1. The zero-order valence-electron chi connectivity index (χ0n) is 13.9. The number of hydrogen-bond donors (Lipinski definition) is 0. The topological polar surface area (TPSA) is 12.5 Å². The number of hydrogen-bond acceptors (Lipinski definition) is 3. The Morgan fingerprint density at radius 1 is 1.00 bits per heavy atom. The van der Waals surface area contributed by atoms with Crippen LogP contribution in [-0.4, -0.2) is 25.5 Å². The Balaban J connectivity index is 1.94. The van der Waals surface area contributed by atoms with Crippen molar-refractivity contribution in [2.75, 3.05) is 20.6 Å². The quantitative estimate of drug-likeness (QED) is 0.616. The maximum absolute atomic E-state index is 6.52. The van der Waals surface area contributed by atoms with E-state index < -0.39 is 0 Å². The van der Waals surface area contributed by atoms with Crippen LogP contribution in [0.2, 0.25) is 0 Å². The number of nitrogens with zero attached hydrogens (tertiary/aromatic N) is 1. The molecule has 3 rings (SSSR count). The molecule has 3 aromatic rings. The van der Waals surface area contributed by atoms with Gasteiger partial charge in [-0.05, 0) is 37.0 Å². The highest BCUT2D eigenvalue weighted by molar-refractivity contribution is 7.10. The summed E-state index contributed by atoms with van der Waals surface area (Å²) in [6.07, 6.45) is 0.0724. The second kappa shape index (κ2) is 7.16. The number of ether oxygens (including phenoxy) is 1. The van der Waals surface area contributed by atoms with E-state index in [9.17, 15) is 0 Å². The van der Waals surface area contributed by atoms with Crippen molar-refractivity contribution in [1.82, 2.24) is 4.90 Å². The fourth-order valence-electron chi connectivity index (χ4n) is 3.01. The summed E-state index contributed by atoms with van der Waals surface area (Å²) in [5.41, 5.74) is 0. The molecule has 2 atom stereocenters. The fourth-order valence-corrected chi connectivity index (χ4v) is 3.90. The molecule has 2 unspecified atom stereocenters. The lowest BCUT2D eigenvalue weighted by Gasteiger charge is -2.27. The first-order chi connectivity index (χ1) is 11.1. The van der Waals surface area contributed by atoms with Gasteiger partial charge in [-0.2, -0.15) is 0 Å². The predicted molar refractivity (Wildman–Crippen MR) is 99.4 cm³/mol. The van der Waals surface area contributed by atoms with Gasteiger partial charge in [0.25, 0.3) is 0 Å². The van der Waals surface area contributed by atoms with Gasteiger partial charge in [0.15, 0.2) is 0 Å². The summed E-state index contributed by atoms with van der Waals surface area (Å²) in [7, 11) is 4.22. The van der Waals surface area contributed by atoms with E-state index in [1.165, 1.54) is 15.6 Å². The van der Waals surface area contributed by atoms with E-state index in [-0.39, 0.29) is 6.10 Å². The zero-order valence-corrected chi connectivity index (χ0v) is 14.7. The van der Waals surface area contributed by atoms with E-state index in [1.54, 1.807) is 11.3 Å². The normalized spacial score (nSPS) is 14.1. The predicted octanol–water partition coefficient (Wildman–Crippen LogP) is 5.22. The second-order valence-corrected chi connectivity index (χ2v) is 7.25. The summed E-state index contributed by atoms with van der Waals surface area (Å²) in [5, 5.41) is 4.51. The van der Waals surface area contributed by atoms with E-state index in [4.69, 9.17) is 4.74 Å². The van der Waals surface area contributed by atoms with Crippen LogP contribution >= 0.6 is 11.3 Å². The van der Waals surface area contributed by atoms with Gasteiger partial charge in [0, 0.05) is 22.7 Å². The molecule has 0 aliphatic carbocycles. The largest absolute Gasteiger partial charge is 0.484 e. The van der Waals surface area contributed by atoms with Crippen LogP contribution in [0.25, 0.3) is 10.8 Å². The van der Waals surface area contributed by atoms with Crippen molar-refractivity contribution < 1.29 is 4.74 Å². The van der Waals surface area contributed by atoms with Crippen molar-refractivity contribution in [2.45, 2.75) is 13.0 Å². The molecule has 1 heterocycles. The Labute approximate surface area is 142 Å². The minimum absolute atomic E-state index is 0.0724. The molecule has 3 heteroatoms. The second-order valence-electron chi connectivity index (χ2n) is 6.27. The SMILES string of the molecule is CC(CN(C)C)C(Oc1cccc2ccccc12)c1cccs1. The summed E-state index contributed by atoms with van der Waals surface area (Å²) in [6.45, 7) is 3.25. The molecule has 0 aliphatic rings. The summed E-state index contributed by atoms with van der Waals surface area (Å²) >= 11 is 1.77. The molecule has 2 aromatic carbocycles. The van der Waals surface area contributed by atoms with Gasteiger partial charge < -0.3 is 9.64 Å². The molecule has 0 N–H and O–H groups in total. The molecule has 0 saturated heterocycles. The van der Waals surface area contributed by atoms with E-state index in [0.29, 0.717) is 5.92 Å². The minimum atomic E-state index is 0.0724. The van der Waals surface area contributed by atoms with Gasteiger partial charge >= 0.3 is 0 Å². The first-order valence-corrected chi connectivity index (χ1v) is 8.85. The standard InChI is InChI=1S/C20H23NOS/c1-15(14-21(2)3)20(19-12-7-13-23-19)22-18-11-6-9-16-8-4-5-10-17(16)18/h4-13,15,20H,14H2,1-3H3. The lowest BCUT2D eigenvalue weighted by molar-refractivity contribution is 0.129. The van der Waals surface area contributed by atoms with Crippen molar-refractivity contribution in [3.05, 3.63) is 64.9 Å². The monoisotopic (exact) mass is 325 g/mol. The smallest absolute Gasteiger partial charge is 0.137 e. The third-order valence-corrected chi connectivity index (χ3v) is 4.93. The molecule has 0 bridgehead atoms. The average Bonchev–Trinajstić information content (AvgIpc) is 3.06. The van der Waals surface area contributed by atoms with Crippen LogP contribution in [0.5, 0.6) is 5.75 Å². The number of rotatable bonds is 6. The Morgan fingerprint density at radius 2 is 1.78 bits per heavy atom. The molecule has 120 valence electrons. The highest BCUT2D eigenvalue weighted by atomic mass is 32.1. The summed E-state index contributed by atoms with van der Waals surface area (Å²) < 4.78 is 6.52. The maximum Gasteiger partial charge on any atom is 0.137 e. The fraction of sp³-hybridized carbons (Fsp3) is 0.300. The lowest BCUT2D eigenvalue weighted by atomic mass is 10.0. The van der Waals surface area contributed by atoms with Crippen LogP contribution in [0, 0.1) is 5.92 Å². The maximum atomic E-state index is 6.52. The third kappa shape index (κ3) is 3.74. The highest BCUT2D eigenvalue weighted by Gasteiger charge is 2.23. The first kappa shape index (κ1) is 16.0. The van der Waals surface area contributed by atoms with Crippen LogP contribution in [-0.2, 0) is 0 Å². The zero-order chi connectivity index (χ0) is 16.2. The molecule has 0 aliphatic heterocycles. The van der Waals surface area contributed by atoms with Gasteiger partial charge in [0.05, 0.1) is 0 Å². The van der Waals surface area contributed by atoms with Crippen LogP contribution in [0.4, 0.5) is 0 Å². The highest BCUT2D eigenvalue weighted by Crippen LogP contribution is 2.35. The molecule has 0 radical (unpaired) electrons.